The van der Waals surface area contributed by atoms with Gasteiger partial charge < -0.3 is 20.5 Å². The molecule has 32 heavy (non-hydrogen) atoms. The Labute approximate surface area is 187 Å². The highest BCUT2D eigenvalue weighted by atomic mass is 16.5. The molecular formula is C25H28N2O5. The van der Waals surface area contributed by atoms with E-state index in [4.69, 9.17) is 9.84 Å². The molecular weight excluding hydrogens is 408 g/mol. The molecule has 0 saturated heterocycles. The lowest BCUT2D eigenvalue weighted by molar-refractivity contribution is -0.136. The molecule has 0 aliphatic heterocycles. The van der Waals surface area contributed by atoms with Gasteiger partial charge in [-0.3, -0.25) is 9.59 Å². The van der Waals surface area contributed by atoms with Crippen LogP contribution in [0, 0.1) is 5.92 Å². The molecule has 2 amide bonds. The first-order valence-electron chi connectivity index (χ1n) is 11.1. The van der Waals surface area contributed by atoms with Crippen molar-refractivity contribution >= 4 is 18.0 Å². The maximum Gasteiger partial charge on any atom is 0.407 e. The Kier molecular flexibility index (Phi) is 6.73. The van der Waals surface area contributed by atoms with Gasteiger partial charge in [0, 0.05) is 24.9 Å². The Balaban J connectivity index is 1.30. The van der Waals surface area contributed by atoms with Gasteiger partial charge in [0.05, 0.1) is 6.42 Å². The zero-order valence-corrected chi connectivity index (χ0v) is 17.9. The Hall–Kier alpha value is -3.35. The molecule has 0 bridgehead atoms. The Bertz CT molecular complexity index is 960. The first-order chi connectivity index (χ1) is 15.5. The predicted octanol–water partition coefficient (Wildman–Crippen LogP) is 3.67. The fraction of sp³-hybridized carbons (Fsp3) is 0.400. The molecule has 2 atom stereocenters. The van der Waals surface area contributed by atoms with Crippen molar-refractivity contribution in [1.29, 1.82) is 0 Å². The summed E-state index contributed by atoms with van der Waals surface area (Å²) in [5.74, 6) is -1.09. The maximum atomic E-state index is 12.6. The molecule has 168 valence electrons. The number of alkyl carbamates (subject to hydrolysis) is 1. The molecule has 0 heterocycles. The number of carboxylic acids is 1. The molecule has 1 saturated carbocycles. The Morgan fingerprint density at radius 2 is 1.62 bits per heavy atom. The second-order valence-electron chi connectivity index (χ2n) is 8.47. The van der Waals surface area contributed by atoms with Gasteiger partial charge in [-0.05, 0) is 41.0 Å². The molecule has 0 radical (unpaired) electrons. The summed E-state index contributed by atoms with van der Waals surface area (Å²) in [5.41, 5.74) is 4.69. The average molecular weight is 437 g/mol. The zero-order chi connectivity index (χ0) is 22.5. The number of benzene rings is 2. The van der Waals surface area contributed by atoms with Crippen LogP contribution in [0.4, 0.5) is 4.79 Å². The number of ether oxygens (including phenoxy) is 1. The molecule has 2 aromatic rings. The molecule has 2 aliphatic carbocycles. The van der Waals surface area contributed by atoms with Gasteiger partial charge in [-0.2, -0.15) is 0 Å². The number of fused-ring (bicyclic) bond motifs is 3. The quantitative estimate of drug-likeness (QED) is 0.586. The lowest BCUT2D eigenvalue weighted by Gasteiger charge is -2.21. The summed E-state index contributed by atoms with van der Waals surface area (Å²) in [7, 11) is 0. The van der Waals surface area contributed by atoms with Crippen LogP contribution < -0.4 is 10.6 Å². The highest BCUT2D eigenvalue weighted by molar-refractivity contribution is 5.79. The molecule has 0 spiro atoms. The minimum atomic E-state index is -0.944. The van der Waals surface area contributed by atoms with E-state index in [1.807, 2.05) is 24.3 Å². The zero-order valence-electron chi connectivity index (χ0n) is 17.9. The van der Waals surface area contributed by atoms with Crippen LogP contribution in [0.3, 0.4) is 0 Å². The fourth-order valence-corrected chi connectivity index (χ4v) is 4.88. The lowest BCUT2D eigenvalue weighted by Crippen LogP contribution is -2.40. The van der Waals surface area contributed by atoms with Gasteiger partial charge in [-0.1, -0.05) is 55.0 Å². The number of hydrogen-bond acceptors (Lipinski definition) is 4. The first-order valence-corrected chi connectivity index (χ1v) is 11.1. The van der Waals surface area contributed by atoms with Crippen molar-refractivity contribution in [3.8, 4) is 11.1 Å². The van der Waals surface area contributed by atoms with Crippen LogP contribution >= 0.6 is 0 Å². The van der Waals surface area contributed by atoms with Crippen molar-refractivity contribution in [2.45, 2.75) is 44.1 Å². The Morgan fingerprint density at radius 1 is 0.969 bits per heavy atom. The van der Waals surface area contributed by atoms with Gasteiger partial charge in [0.25, 0.3) is 0 Å². The number of amides is 2. The van der Waals surface area contributed by atoms with Gasteiger partial charge >= 0.3 is 12.1 Å². The smallest absolute Gasteiger partial charge is 0.407 e. The SMILES string of the molecule is O=C(O)CCNC(=O)CC1CCCC1NC(=O)OCC1c2ccccc2-c2ccccc21. The van der Waals surface area contributed by atoms with E-state index >= 15 is 0 Å². The number of carbonyl (C=O) groups excluding carboxylic acids is 2. The van der Waals surface area contributed by atoms with Gasteiger partial charge in [-0.25, -0.2) is 4.79 Å². The van der Waals surface area contributed by atoms with Crippen LogP contribution in [0.15, 0.2) is 48.5 Å². The highest BCUT2D eigenvalue weighted by Crippen LogP contribution is 2.44. The van der Waals surface area contributed by atoms with E-state index < -0.39 is 12.1 Å². The summed E-state index contributed by atoms with van der Waals surface area (Å²) >= 11 is 0. The number of nitrogens with one attached hydrogen (secondary N) is 2. The van der Waals surface area contributed by atoms with Gasteiger partial charge in [0.1, 0.15) is 6.61 Å². The molecule has 7 heteroatoms. The second kappa shape index (κ2) is 9.85. The standard InChI is InChI=1S/C25H28N2O5/c28-23(26-13-12-24(29)30)14-16-6-5-11-22(16)27-25(31)32-15-21-19-9-3-1-7-17(19)18-8-2-4-10-20(18)21/h1-4,7-10,16,21-22H,5-6,11-15H2,(H,26,28)(H,27,31)(H,29,30). The molecule has 3 N–H and O–H groups in total. The highest BCUT2D eigenvalue weighted by Gasteiger charge is 2.32. The van der Waals surface area contributed by atoms with Gasteiger partial charge in [-0.15, -0.1) is 0 Å². The van der Waals surface area contributed by atoms with Gasteiger partial charge in [0.15, 0.2) is 0 Å². The summed E-state index contributed by atoms with van der Waals surface area (Å²) in [4.78, 5) is 35.2. The summed E-state index contributed by atoms with van der Waals surface area (Å²) in [6, 6.07) is 16.3. The van der Waals surface area contributed by atoms with Crippen molar-refractivity contribution in [2.75, 3.05) is 13.2 Å². The lowest BCUT2D eigenvalue weighted by atomic mass is 9.98. The average Bonchev–Trinajstić information content (AvgIpc) is 3.34. The molecule has 2 unspecified atom stereocenters. The monoisotopic (exact) mass is 436 g/mol. The molecule has 0 aromatic heterocycles. The summed E-state index contributed by atoms with van der Waals surface area (Å²) < 4.78 is 5.63. The van der Waals surface area contributed by atoms with E-state index in [1.165, 1.54) is 22.3 Å². The van der Waals surface area contributed by atoms with Crippen LogP contribution in [0.25, 0.3) is 11.1 Å². The molecule has 7 nitrogen and oxygen atoms in total. The van der Waals surface area contributed by atoms with Crippen molar-refractivity contribution in [2.24, 2.45) is 5.92 Å². The number of aliphatic carboxylic acids is 1. The van der Waals surface area contributed by atoms with E-state index in [9.17, 15) is 14.4 Å². The van der Waals surface area contributed by atoms with Crippen molar-refractivity contribution in [1.82, 2.24) is 10.6 Å². The van der Waals surface area contributed by atoms with E-state index in [1.54, 1.807) is 0 Å². The van der Waals surface area contributed by atoms with Crippen LogP contribution in [-0.4, -0.2) is 42.3 Å². The first kappa shape index (κ1) is 21.9. The van der Waals surface area contributed by atoms with Crippen LogP contribution in [-0.2, 0) is 14.3 Å². The molecule has 4 rings (SSSR count). The number of rotatable bonds is 8. The molecule has 2 aromatic carbocycles. The van der Waals surface area contributed by atoms with Crippen molar-refractivity contribution < 1.29 is 24.2 Å². The topological polar surface area (TPSA) is 105 Å². The third kappa shape index (κ3) is 4.93. The summed E-state index contributed by atoms with van der Waals surface area (Å²) in [5, 5.41) is 14.3. The van der Waals surface area contributed by atoms with Crippen LogP contribution in [0.5, 0.6) is 0 Å². The number of hydrogen-bond donors (Lipinski definition) is 3. The normalized spacial score (nSPS) is 19.1. The van der Waals surface area contributed by atoms with Crippen molar-refractivity contribution in [3.63, 3.8) is 0 Å². The Morgan fingerprint density at radius 3 is 2.28 bits per heavy atom. The fourth-order valence-electron chi connectivity index (χ4n) is 4.88. The van der Waals surface area contributed by atoms with E-state index in [0.717, 1.165) is 19.3 Å². The predicted molar refractivity (Wildman–Crippen MR) is 119 cm³/mol. The molecule has 2 aliphatic rings. The number of carbonyl (C=O) groups is 3. The summed E-state index contributed by atoms with van der Waals surface area (Å²) in [6.07, 6.45) is 2.29. The summed E-state index contributed by atoms with van der Waals surface area (Å²) in [6.45, 7) is 0.373. The molecule has 1 fully saturated rings. The largest absolute Gasteiger partial charge is 0.481 e. The second-order valence-corrected chi connectivity index (χ2v) is 8.47. The van der Waals surface area contributed by atoms with Gasteiger partial charge in [0.2, 0.25) is 5.91 Å². The number of carboxylic acid groups (broad SMARTS) is 1. The van der Waals surface area contributed by atoms with E-state index in [-0.39, 0.29) is 49.8 Å². The van der Waals surface area contributed by atoms with Crippen LogP contribution in [0.2, 0.25) is 0 Å². The van der Waals surface area contributed by atoms with E-state index in [2.05, 4.69) is 34.9 Å². The minimum absolute atomic E-state index is 0.00698. The maximum absolute atomic E-state index is 12.6. The van der Waals surface area contributed by atoms with E-state index in [0.29, 0.717) is 0 Å². The third-order valence-corrected chi connectivity index (χ3v) is 6.41. The minimum Gasteiger partial charge on any atom is -0.481 e. The van der Waals surface area contributed by atoms with Crippen molar-refractivity contribution in [3.05, 3.63) is 59.7 Å². The third-order valence-electron chi connectivity index (χ3n) is 6.41. The van der Waals surface area contributed by atoms with Crippen LogP contribution in [0.1, 0.15) is 49.1 Å².